The summed E-state index contributed by atoms with van der Waals surface area (Å²) in [4.78, 5) is 13.0. The van der Waals surface area contributed by atoms with Crippen molar-refractivity contribution in [3.8, 4) is 0 Å². The predicted molar refractivity (Wildman–Crippen MR) is 56.4 cm³/mol. The van der Waals surface area contributed by atoms with Gasteiger partial charge in [-0.2, -0.15) is 0 Å². The summed E-state index contributed by atoms with van der Waals surface area (Å²) in [6.07, 6.45) is 1.61. The quantitative estimate of drug-likeness (QED) is 0.837. The Balaban J connectivity index is 2.02. The zero-order chi connectivity index (χ0) is 11.5. The number of hydrogen-bond donors (Lipinski definition) is 1. The van der Waals surface area contributed by atoms with Crippen molar-refractivity contribution >= 4 is 5.97 Å². The van der Waals surface area contributed by atoms with Crippen LogP contribution in [0.25, 0.3) is 0 Å². The van der Waals surface area contributed by atoms with E-state index < -0.39 is 5.97 Å². The Kier molecular flexibility index (Phi) is 3.26. The highest BCUT2D eigenvalue weighted by molar-refractivity contribution is 5.88. The maximum Gasteiger partial charge on any atom is 0.339 e. The number of rotatable bonds is 3. The van der Waals surface area contributed by atoms with Gasteiger partial charge in [-0.3, -0.25) is 4.90 Å². The van der Waals surface area contributed by atoms with Gasteiger partial charge in [0.1, 0.15) is 11.3 Å². The molecular formula is C11H15NO4. The molecular weight excluding hydrogens is 210 g/mol. The Labute approximate surface area is 93.6 Å². The van der Waals surface area contributed by atoms with Crippen molar-refractivity contribution < 1.29 is 19.1 Å². The van der Waals surface area contributed by atoms with E-state index in [1.165, 1.54) is 12.3 Å². The Bertz CT molecular complexity index is 374. The third-order valence-corrected chi connectivity index (χ3v) is 2.67. The lowest BCUT2D eigenvalue weighted by Gasteiger charge is -2.30. The van der Waals surface area contributed by atoms with Gasteiger partial charge in [0.2, 0.25) is 0 Å². The van der Waals surface area contributed by atoms with Crippen molar-refractivity contribution in [2.24, 2.45) is 0 Å². The molecule has 0 saturated carbocycles. The fraction of sp³-hybridized carbons (Fsp3) is 0.545. The molecule has 88 valence electrons. The molecule has 2 heterocycles. The average Bonchev–Trinajstić information content (AvgIpc) is 2.66. The van der Waals surface area contributed by atoms with Gasteiger partial charge >= 0.3 is 5.97 Å². The van der Waals surface area contributed by atoms with Crippen LogP contribution in [0.4, 0.5) is 0 Å². The Hall–Kier alpha value is -1.33. The Morgan fingerprint density at radius 2 is 2.50 bits per heavy atom. The van der Waals surface area contributed by atoms with Crippen molar-refractivity contribution in [3.05, 3.63) is 23.7 Å². The normalized spacial score (nSPS) is 22.2. The second-order valence-corrected chi connectivity index (χ2v) is 3.98. The molecule has 1 atom stereocenters. The summed E-state index contributed by atoms with van der Waals surface area (Å²) in [5.74, 6) is -0.424. The van der Waals surface area contributed by atoms with Gasteiger partial charge in [-0.25, -0.2) is 4.79 Å². The lowest BCUT2D eigenvalue weighted by molar-refractivity contribution is -0.0231. The molecule has 5 heteroatoms. The van der Waals surface area contributed by atoms with Gasteiger partial charge in [-0.05, 0) is 13.0 Å². The molecule has 0 spiro atoms. The van der Waals surface area contributed by atoms with Crippen molar-refractivity contribution in [2.45, 2.75) is 19.6 Å². The number of ether oxygens (including phenoxy) is 1. The first-order valence-electron chi connectivity index (χ1n) is 5.30. The molecule has 1 aromatic heterocycles. The number of morpholine rings is 1. The first-order valence-corrected chi connectivity index (χ1v) is 5.30. The number of aromatic carboxylic acids is 1. The number of furan rings is 1. The molecule has 1 aliphatic heterocycles. The van der Waals surface area contributed by atoms with Crippen LogP contribution in [0.3, 0.4) is 0 Å². The summed E-state index contributed by atoms with van der Waals surface area (Å²) >= 11 is 0. The van der Waals surface area contributed by atoms with Crippen LogP contribution in [0.1, 0.15) is 23.0 Å². The third-order valence-electron chi connectivity index (χ3n) is 2.67. The maximum absolute atomic E-state index is 10.9. The van der Waals surface area contributed by atoms with Gasteiger partial charge < -0.3 is 14.3 Å². The molecule has 0 radical (unpaired) electrons. The minimum absolute atomic E-state index is 0.192. The van der Waals surface area contributed by atoms with Crippen LogP contribution in [-0.4, -0.2) is 41.8 Å². The highest BCUT2D eigenvalue weighted by Gasteiger charge is 2.21. The van der Waals surface area contributed by atoms with Crippen LogP contribution in [0.5, 0.6) is 0 Å². The van der Waals surface area contributed by atoms with E-state index in [9.17, 15) is 4.79 Å². The predicted octanol–water partition coefficient (Wildman–Crippen LogP) is 1.20. The van der Waals surface area contributed by atoms with E-state index in [1.54, 1.807) is 0 Å². The molecule has 1 aliphatic rings. The van der Waals surface area contributed by atoms with E-state index in [4.69, 9.17) is 14.3 Å². The van der Waals surface area contributed by atoms with Crippen LogP contribution < -0.4 is 0 Å². The molecule has 1 unspecified atom stereocenters. The SMILES string of the molecule is CC1CN(Cc2occc2C(=O)O)CCO1. The summed E-state index contributed by atoms with van der Waals surface area (Å²) in [5.41, 5.74) is 0.249. The topological polar surface area (TPSA) is 62.9 Å². The van der Waals surface area contributed by atoms with E-state index in [-0.39, 0.29) is 11.7 Å². The van der Waals surface area contributed by atoms with E-state index >= 15 is 0 Å². The summed E-state index contributed by atoms with van der Waals surface area (Å²) in [5, 5.41) is 8.93. The number of carboxylic acids is 1. The average molecular weight is 225 g/mol. The smallest absolute Gasteiger partial charge is 0.339 e. The van der Waals surface area contributed by atoms with E-state index in [0.29, 0.717) is 18.9 Å². The van der Waals surface area contributed by atoms with Crippen LogP contribution in [0, 0.1) is 0 Å². The molecule has 0 amide bonds. The van der Waals surface area contributed by atoms with Gasteiger partial charge in [0, 0.05) is 13.1 Å². The Morgan fingerprint density at radius 3 is 3.19 bits per heavy atom. The number of nitrogens with zero attached hydrogens (tertiary/aromatic N) is 1. The van der Waals surface area contributed by atoms with Crippen LogP contribution in [-0.2, 0) is 11.3 Å². The van der Waals surface area contributed by atoms with Crippen molar-refractivity contribution in [3.63, 3.8) is 0 Å². The largest absolute Gasteiger partial charge is 0.478 e. The number of carbonyl (C=O) groups is 1. The number of hydrogen-bond acceptors (Lipinski definition) is 4. The minimum Gasteiger partial charge on any atom is -0.478 e. The molecule has 0 aliphatic carbocycles. The van der Waals surface area contributed by atoms with Crippen molar-refractivity contribution in [1.82, 2.24) is 4.90 Å². The zero-order valence-corrected chi connectivity index (χ0v) is 9.18. The van der Waals surface area contributed by atoms with Gasteiger partial charge in [-0.15, -0.1) is 0 Å². The molecule has 1 aromatic rings. The minimum atomic E-state index is -0.940. The third kappa shape index (κ3) is 2.43. The first-order chi connectivity index (χ1) is 7.66. The molecule has 1 N–H and O–H groups in total. The van der Waals surface area contributed by atoms with Crippen LogP contribution in [0.15, 0.2) is 16.7 Å². The second-order valence-electron chi connectivity index (χ2n) is 3.98. The summed E-state index contributed by atoms with van der Waals surface area (Å²) in [7, 11) is 0. The highest BCUT2D eigenvalue weighted by Crippen LogP contribution is 2.15. The Morgan fingerprint density at radius 1 is 1.69 bits per heavy atom. The zero-order valence-electron chi connectivity index (χ0n) is 9.18. The van der Waals surface area contributed by atoms with Gasteiger partial charge in [0.15, 0.2) is 0 Å². The summed E-state index contributed by atoms with van der Waals surface area (Å²) in [6, 6.07) is 1.49. The monoisotopic (exact) mass is 225 g/mol. The standard InChI is InChI=1S/C11H15NO4/c1-8-6-12(3-5-15-8)7-10-9(11(13)14)2-4-16-10/h2,4,8H,3,5-7H2,1H3,(H,13,14). The molecule has 2 rings (SSSR count). The molecule has 0 aromatic carbocycles. The number of carboxylic acid groups (broad SMARTS) is 1. The molecule has 5 nitrogen and oxygen atoms in total. The van der Waals surface area contributed by atoms with E-state index in [1.807, 2.05) is 6.92 Å². The molecule has 1 fully saturated rings. The lowest BCUT2D eigenvalue weighted by Crippen LogP contribution is -2.40. The fourth-order valence-corrected chi connectivity index (χ4v) is 1.89. The second kappa shape index (κ2) is 4.67. The van der Waals surface area contributed by atoms with Crippen molar-refractivity contribution in [2.75, 3.05) is 19.7 Å². The van der Waals surface area contributed by atoms with Crippen LogP contribution in [0.2, 0.25) is 0 Å². The van der Waals surface area contributed by atoms with Gasteiger partial charge in [0.05, 0.1) is 25.5 Å². The van der Waals surface area contributed by atoms with Crippen molar-refractivity contribution in [1.29, 1.82) is 0 Å². The van der Waals surface area contributed by atoms with E-state index in [0.717, 1.165) is 13.1 Å². The highest BCUT2D eigenvalue weighted by atomic mass is 16.5. The van der Waals surface area contributed by atoms with Crippen LogP contribution >= 0.6 is 0 Å². The maximum atomic E-state index is 10.9. The molecule has 0 bridgehead atoms. The molecule has 1 saturated heterocycles. The van der Waals surface area contributed by atoms with Gasteiger partial charge in [-0.1, -0.05) is 0 Å². The summed E-state index contributed by atoms with van der Waals surface area (Å²) < 4.78 is 10.6. The summed E-state index contributed by atoms with van der Waals surface area (Å²) in [6.45, 7) is 4.84. The lowest BCUT2D eigenvalue weighted by atomic mass is 10.2. The van der Waals surface area contributed by atoms with Gasteiger partial charge in [0.25, 0.3) is 0 Å². The molecule has 16 heavy (non-hydrogen) atoms. The first kappa shape index (κ1) is 11.2. The fourth-order valence-electron chi connectivity index (χ4n) is 1.89. The van der Waals surface area contributed by atoms with E-state index in [2.05, 4.69) is 4.90 Å².